The van der Waals surface area contributed by atoms with Crippen LogP contribution in [-0.2, 0) is 30.6 Å². The van der Waals surface area contributed by atoms with Crippen molar-refractivity contribution in [2.75, 3.05) is 0 Å². The monoisotopic (exact) mass is 445 g/mol. The molecule has 1 aliphatic rings. The number of alkyl halides is 3. The third kappa shape index (κ3) is 4.22. The molecule has 32 heavy (non-hydrogen) atoms. The first-order valence-electron chi connectivity index (χ1n) is 10.5. The molecule has 0 saturated carbocycles. The van der Waals surface area contributed by atoms with Gasteiger partial charge < -0.3 is 14.4 Å². The van der Waals surface area contributed by atoms with Crippen molar-refractivity contribution in [3.63, 3.8) is 0 Å². The van der Waals surface area contributed by atoms with Gasteiger partial charge in [0.25, 0.3) is 5.56 Å². The molecular formula is C24H22F3NO4. The second kappa shape index (κ2) is 8.33. The Kier molecular flexibility index (Phi) is 5.71. The maximum atomic E-state index is 13.0. The lowest BCUT2D eigenvalue weighted by Gasteiger charge is -2.17. The van der Waals surface area contributed by atoms with Crippen molar-refractivity contribution in [3.8, 4) is 16.9 Å². The number of hydrogen-bond donors (Lipinski definition) is 1. The fourth-order valence-corrected chi connectivity index (χ4v) is 4.47. The van der Waals surface area contributed by atoms with Crippen LogP contribution in [0, 0.1) is 0 Å². The second-order valence-electron chi connectivity index (χ2n) is 7.86. The summed E-state index contributed by atoms with van der Waals surface area (Å²) < 4.78 is 45.0. The van der Waals surface area contributed by atoms with Crippen LogP contribution in [0.25, 0.3) is 22.0 Å². The van der Waals surface area contributed by atoms with E-state index in [0.717, 1.165) is 34.9 Å². The molecule has 0 radical (unpaired) electrons. The molecule has 2 aromatic carbocycles. The number of carboxylic acid groups (broad SMARTS) is 1. The minimum Gasteiger partial charge on any atom is -0.481 e. The zero-order valence-electron chi connectivity index (χ0n) is 17.5. The highest BCUT2D eigenvalue weighted by molar-refractivity contribution is 5.90. The van der Waals surface area contributed by atoms with Crippen LogP contribution in [0.4, 0.5) is 13.2 Å². The van der Waals surface area contributed by atoms with Crippen LogP contribution in [0.1, 0.15) is 36.5 Å². The molecular weight excluding hydrogens is 423 g/mol. The van der Waals surface area contributed by atoms with Gasteiger partial charge in [0, 0.05) is 29.5 Å². The van der Waals surface area contributed by atoms with E-state index in [4.69, 9.17) is 5.11 Å². The fourth-order valence-electron chi connectivity index (χ4n) is 4.47. The van der Waals surface area contributed by atoms with Gasteiger partial charge in [-0.15, -0.1) is 13.2 Å². The fraction of sp³-hybridized carbons (Fsp3) is 0.333. The van der Waals surface area contributed by atoms with Gasteiger partial charge in [-0.1, -0.05) is 12.1 Å². The SMILES string of the molecule is CCn1c(=O)c2c(c3cc(-c4cc(CCC(=O)O)ccc4OC(F)(F)F)ccc31)CCC2. The molecule has 0 spiro atoms. The maximum Gasteiger partial charge on any atom is 0.573 e. The molecule has 1 heterocycles. The van der Waals surface area contributed by atoms with E-state index in [1.54, 1.807) is 22.8 Å². The molecule has 4 rings (SSSR count). The molecule has 0 aliphatic heterocycles. The first kappa shape index (κ1) is 21.9. The number of halogens is 3. The molecule has 0 unspecified atom stereocenters. The molecule has 168 valence electrons. The Morgan fingerprint density at radius 2 is 1.88 bits per heavy atom. The molecule has 0 bridgehead atoms. The maximum absolute atomic E-state index is 13.0. The van der Waals surface area contributed by atoms with E-state index in [0.29, 0.717) is 24.1 Å². The van der Waals surface area contributed by atoms with Gasteiger partial charge in [-0.3, -0.25) is 9.59 Å². The summed E-state index contributed by atoms with van der Waals surface area (Å²) in [5.74, 6) is -1.34. The number of nitrogens with zero attached hydrogens (tertiary/aromatic N) is 1. The predicted octanol–water partition coefficient (Wildman–Crippen LogP) is 5.09. The van der Waals surface area contributed by atoms with Gasteiger partial charge in [0.1, 0.15) is 5.75 Å². The molecule has 0 saturated heterocycles. The molecule has 1 N–H and O–H groups in total. The lowest BCUT2D eigenvalue weighted by molar-refractivity contribution is -0.274. The van der Waals surface area contributed by atoms with Crippen LogP contribution in [-0.4, -0.2) is 22.0 Å². The van der Waals surface area contributed by atoms with Crippen LogP contribution in [0.5, 0.6) is 5.75 Å². The van der Waals surface area contributed by atoms with E-state index < -0.39 is 12.3 Å². The number of hydrogen-bond acceptors (Lipinski definition) is 3. The van der Waals surface area contributed by atoms with E-state index >= 15 is 0 Å². The lowest BCUT2D eigenvalue weighted by Crippen LogP contribution is -2.23. The number of aliphatic carboxylic acids is 1. The van der Waals surface area contributed by atoms with Crippen molar-refractivity contribution in [3.05, 3.63) is 63.4 Å². The van der Waals surface area contributed by atoms with Gasteiger partial charge in [0.2, 0.25) is 0 Å². The summed E-state index contributed by atoms with van der Waals surface area (Å²) in [6.07, 6.45) is -2.50. The van der Waals surface area contributed by atoms with Gasteiger partial charge in [0.15, 0.2) is 0 Å². The zero-order valence-corrected chi connectivity index (χ0v) is 17.5. The average Bonchev–Trinajstić information content (AvgIpc) is 3.23. The number of aromatic nitrogens is 1. The third-order valence-electron chi connectivity index (χ3n) is 5.86. The molecule has 3 aromatic rings. The summed E-state index contributed by atoms with van der Waals surface area (Å²) in [4.78, 5) is 23.7. The second-order valence-corrected chi connectivity index (χ2v) is 7.86. The number of rotatable bonds is 6. The summed E-state index contributed by atoms with van der Waals surface area (Å²) in [6, 6.07) is 9.46. The van der Waals surface area contributed by atoms with Crippen LogP contribution in [0.15, 0.2) is 41.2 Å². The molecule has 8 heteroatoms. The summed E-state index contributed by atoms with van der Waals surface area (Å²) in [7, 11) is 0. The largest absolute Gasteiger partial charge is 0.573 e. The van der Waals surface area contributed by atoms with E-state index in [1.807, 2.05) is 13.0 Å². The number of benzene rings is 2. The first-order valence-corrected chi connectivity index (χ1v) is 10.5. The number of fused-ring (bicyclic) bond motifs is 3. The number of carbonyl (C=O) groups is 1. The van der Waals surface area contributed by atoms with Crippen LogP contribution in [0.2, 0.25) is 0 Å². The Morgan fingerprint density at radius 3 is 2.56 bits per heavy atom. The van der Waals surface area contributed by atoms with E-state index in [2.05, 4.69) is 4.74 Å². The van der Waals surface area contributed by atoms with Crippen molar-refractivity contribution in [2.45, 2.75) is 51.9 Å². The Labute approximate surface area is 182 Å². The van der Waals surface area contributed by atoms with Crippen LogP contribution >= 0.6 is 0 Å². The number of carboxylic acids is 1. The smallest absolute Gasteiger partial charge is 0.481 e. The highest BCUT2D eigenvalue weighted by atomic mass is 19.4. The topological polar surface area (TPSA) is 68.5 Å². The van der Waals surface area contributed by atoms with Crippen molar-refractivity contribution < 1.29 is 27.8 Å². The molecule has 1 aromatic heterocycles. The molecule has 0 amide bonds. The van der Waals surface area contributed by atoms with Gasteiger partial charge >= 0.3 is 12.3 Å². The summed E-state index contributed by atoms with van der Waals surface area (Å²) in [6.45, 7) is 2.38. The highest BCUT2D eigenvalue weighted by Gasteiger charge is 2.32. The van der Waals surface area contributed by atoms with Crippen molar-refractivity contribution >= 4 is 16.9 Å². The minimum absolute atomic E-state index is 0.00277. The molecule has 1 aliphatic carbocycles. The summed E-state index contributed by atoms with van der Waals surface area (Å²) in [5, 5.41) is 9.80. The summed E-state index contributed by atoms with van der Waals surface area (Å²) in [5.41, 5.74) is 3.83. The molecule has 5 nitrogen and oxygen atoms in total. The predicted molar refractivity (Wildman–Crippen MR) is 114 cm³/mol. The van der Waals surface area contributed by atoms with E-state index in [1.165, 1.54) is 12.1 Å². The quantitative estimate of drug-likeness (QED) is 0.574. The van der Waals surface area contributed by atoms with E-state index in [-0.39, 0.29) is 29.7 Å². The standard InChI is InChI=1S/C24H22F3NO4/c1-2-28-20-9-8-15(13-19(20)16-4-3-5-17(16)23(28)31)18-12-14(7-11-22(29)30)6-10-21(18)32-24(25,26)27/h6,8-10,12-13H,2-5,7,11H2,1H3,(H,29,30). The third-order valence-corrected chi connectivity index (χ3v) is 5.86. The minimum atomic E-state index is -4.86. The Hall–Kier alpha value is -3.29. The lowest BCUT2D eigenvalue weighted by atomic mass is 9.96. The Balaban J connectivity index is 1.90. The zero-order chi connectivity index (χ0) is 23.0. The van der Waals surface area contributed by atoms with Crippen LogP contribution < -0.4 is 10.3 Å². The normalized spacial score (nSPS) is 13.4. The number of pyridine rings is 1. The molecule has 0 atom stereocenters. The van der Waals surface area contributed by atoms with Gasteiger partial charge in [-0.2, -0.15) is 0 Å². The average molecular weight is 445 g/mol. The van der Waals surface area contributed by atoms with Gasteiger partial charge in [-0.25, -0.2) is 0 Å². The Morgan fingerprint density at radius 1 is 1.12 bits per heavy atom. The van der Waals surface area contributed by atoms with Crippen molar-refractivity contribution in [1.29, 1.82) is 0 Å². The molecule has 0 fully saturated rings. The van der Waals surface area contributed by atoms with Crippen LogP contribution in [0.3, 0.4) is 0 Å². The number of ether oxygens (including phenoxy) is 1. The Bertz CT molecular complexity index is 1260. The van der Waals surface area contributed by atoms with Crippen molar-refractivity contribution in [1.82, 2.24) is 4.57 Å². The first-order chi connectivity index (χ1) is 15.2. The highest BCUT2D eigenvalue weighted by Crippen LogP contribution is 2.37. The number of aryl methyl sites for hydroxylation is 3. The summed E-state index contributed by atoms with van der Waals surface area (Å²) >= 11 is 0. The van der Waals surface area contributed by atoms with E-state index in [9.17, 15) is 22.8 Å². The van der Waals surface area contributed by atoms with Crippen molar-refractivity contribution in [2.24, 2.45) is 0 Å². The van der Waals surface area contributed by atoms with Gasteiger partial charge in [0.05, 0.1) is 5.52 Å². The van der Waals surface area contributed by atoms with Gasteiger partial charge in [-0.05, 0) is 73.6 Å².